The molecule has 21 heavy (non-hydrogen) atoms. The number of piperidine rings is 1. The molecule has 5 heteroatoms. The number of hydrazine groups is 1. The highest BCUT2D eigenvalue weighted by atomic mass is 16.5. The molecule has 0 spiro atoms. The molecule has 5 nitrogen and oxygen atoms in total. The summed E-state index contributed by atoms with van der Waals surface area (Å²) in [6.07, 6.45) is 2.12. The number of nitrogens with zero attached hydrogens (tertiary/aromatic N) is 1. The van der Waals surface area contributed by atoms with E-state index in [9.17, 15) is 9.59 Å². The first-order chi connectivity index (χ1) is 10.1. The van der Waals surface area contributed by atoms with Gasteiger partial charge in [-0.15, -0.1) is 0 Å². The summed E-state index contributed by atoms with van der Waals surface area (Å²) >= 11 is 0. The van der Waals surface area contributed by atoms with E-state index in [0.717, 1.165) is 37.2 Å². The normalized spacial score (nSPS) is 16.5. The molecule has 1 fully saturated rings. The predicted molar refractivity (Wildman–Crippen MR) is 81.0 cm³/mol. The quantitative estimate of drug-likeness (QED) is 0.667. The molecule has 0 amide bonds. The SMILES string of the molecule is CCC(=O)c1ccc(NN2CCC(C(=O)OC)CC2)cc1. The Morgan fingerprint density at radius 3 is 2.38 bits per heavy atom. The van der Waals surface area contributed by atoms with Crippen LogP contribution < -0.4 is 5.43 Å². The number of hydrogen-bond acceptors (Lipinski definition) is 5. The predicted octanol–water partition coefficient (Wildman–Crippen LogP) is 2.49. The average Bonchev–Trinajstić information content (AvgIpc) is 2.55. The summed E-state index contributed by atoms with van der Waals surface area (Å²) in [6, 6.07) is 7.51. The molecule has 1 aromatic rings. The van der Waals surface area contributed by atoms with E-state index in [2.05, 4.69) is 10.4 Å². The Labute approximate surface area is 125 Å². The zero-order valence-corrected chi connectivity index (χ0v) is 12.6. The first-order valence-corrected chi connectivity index (χ1v) is 7.36. The van der Waals surface area contributed by atoms with Crippen molar-refractivity contribution < 1.29 is 14.3 Å². The number of Topliss-reactive ketones (excluding diaryl/α,β-unsaturated/α-hetero) is 1. The number of ether oxygens (including phenoxy) is 1. The number of hydrogen-bond donors (Lipinski definition) is 1. The molecule has 1 aliphatic heterocycles. The van der Waals surface area contributed by atoms with Gasteiger partial charge >= 0.3 is 5.97 Å². The van der Waals surface area contributed by atoms with Crippen LogP contribution in [0.2, 0.25) is 0 Å². The van der Waals surface area contributed by atoms with Crippen LogP contribution >= 0.6 is 0 Å². The molecule has 0 atom stereocenters. The molecular weight excluding hydrogens is 268 g/mol. The number of methoxy groups -OCH3 is 1. The van der Waals surface area contributed by atoms with Gasteiger partial charge in [-0.25, -0.2) is 5.01 Å². The van der Waals surface area contributed by atoms with Crippen molar-refractivity contribution in [2.45, 2.75) is 26.2 Å². The van der Waals surface area contributed by atoms with Crippen molar-refractivity contribution in [1.29, 1.82) is 0 Å². The number of ketones is 1. The molecule has 1 N–H and O–H groups in total. The Kier molecular flexibility index (Phi) is 5.33. The van der Waals surface area contributed by atoms with Gasteiger partial charge in [0, 0.05) is 30.8 Å². The number of benzene rings is 1. The molecular formula is C16H22N2O3. The second-order valence-electron chi connectivity index (χ2n) is 5.25. The third kappa shape index (κ3) is 4.04. The maximum Gasteiger partial charge on any atom is 0.308 e. The minimum absolute atomic E-state index is 0.0117. The van der Waals surface area contributed by atoms with E-state index >= 15 is 0 Å². The fraction of sp³-hybridized carbons (Fsp3) is 0.500. The summed E-state index contributed by atoms with van der Waals surface area (Å²) in [4.78, 5) is 23.0. The largest absolute Gasteiger partial charge is 0.469 e. The van der Waals surface area contributed by atoms with Gasteiger partial charge in [0.2, 0.25) is 0 Å². The Morgan fingerprint density at radius 2 is 1.86 bits per heavy atom. The first kappa shape index (κ1) is 15.5. The van der Waals surface area contributed by atoms with E-state index in [-0.39, 0.29) is 17.7 Å². The van der Waals surface area contributed by atoms with Crippen LogP contribution in [-0.2, 0) is 9.53 Å². The van der Waals surface area contributed by atoms with E-state index in [1.165, 1.54) is 7.11 Å². The maximum atomic E-state index is 11.6. The van der Waals surface area contributed by atoms with Crippen LogP contribution in [-0.4, -0.2) is 37.0 Å². The minimum Gasteiger partial charge on any atom is -0.469 e. The Morgan fingerprint density at radius 1 is 1.24 bits per heavy atom. The second kappa shape index (κ2) is 7.22. The molecule has 0 radical (unpaired) electrons. The highest BCUT2D eigenvalue weighted by molar-refractivity contribution is 5.96. The van der Waals surface area contributed by atoms with Gasteiger partial charge in [0.05, 0.1) is 13.0 Å². The second-order valence-corrected chi connectivity index (χ2v) is 5.25. The number of anilines is 1. The topological polar surface area (TPSA) is 58.6 Å². The summed E-state index contributed by atoms with van der Waals surface area (Å²) in [6.45, 7) is 3.46. The maximum absolute atomic E-state index is 11.6. The molecule has 1 saturated heterocycles. The van der Waals surface area contributed by atoms with Gasteiger partial charge < -0.3 is 10.2 Å². The number of esters is 1. The minimum atomic E-state index is -0.114. The van der Waals surface area contributed by atoms with Crippen LogP contribution in [0, 0.1) is 5.92 Å². The summed E-state index contributed by atoms with van der Waals surface area (Å²) in [7, 11) is 1.44. The zero-order chi connectivity index (χ0) is 15.2. The van der Waals surface area contributed by atoms with Crippen LogP contribution in [0.3, 0.4) is 0 Å². The number of rotatable bonds is 5. The van der Waals surface area contributed by atoms with Crippen LogP contribution in [0.1, 0.15) is 36.5 Å². The Hall–Kier alpha value is -1.88. The number of carbonyl (C=O) groups is 2. The molecule has 1 aromatic carbocycles. The lowest BCUT2D eigenvalue weighted by Crippen LogP contribution is -2.40. The number of carbonyl (C=O) groups excluding carboxylic acids is 2. The molecule has 0 saturated carbocycles. The Balaban J connectivity index is 1.86. The van der Waals surface area contributed by atoms with Crippen molar-refractivity contribution in [2.75, 3.05) is 25.6 Å². The molecule has 1 aliphatic rings. The lowest BCUT2D eigenvalue weighted by atomic mass is 9.98. The molecule has 1 heterocycles. The summed E-state index contributed by atoms with van der Waals surface area (Å²) in [5, 5.41) is 2.09. The van der Waals surface area contributed by atoms with Crippen molar-refractivity contribution in [1.82, 2.24) is 5.01 Å². The van der Waals surface area contributed by atoms with E-state index in [4.69, 9.17) is 4.74 Å². The third-order valence-electron chi connectivity index (χ3n) is 3.84. The van der Waals surface area contributed by atoms with Gasteiger partial charge in [-0.05, 0) is 37.1 Å². The van der Waals surface area contributed by atoms with Crippen LogP contribution in [0.5, 0.6) is 0 Å². The molecule has 114 valence electrons. The zero-order valence-electron chi connectivity index (χ0n) is 12.6. The molecule has 0 bridgehead atoms. The van der Waals surface area contributed by atoms with Crippen molar-refractivity contribution in [2.24, 2.45) is 5.92 Å². The van der Waals surface area contributed by atoms with Crippen molar-refractivity contribution in [3.05, 3.63) is 29.8 Å². The van der Waals surface area contributed by atoms with Crippen molar-refractivity contribution in [3.63, 3.8) is 0 Å². The smallest absolute Gasteiger partial charge is 0.308 e. The first-order valence-electron chi connectivity index (χ1n) is 7.36. The fourth-order valence-corrected chi connectivity index (χ4v) is 2.51. The van der Waals surface area contributed by atoms with Gasteiger partial charge in [-0.3, -0.25) is 9.59 Å². The van der Waals surface area contributed by atoms with Crippen LogP contribution in [0.4, 0.5) is 5.69 Å². The molecule has 0 unspecified atom stereocenters. The van der Waals surface area contributed by atoms with Gasteiger partial charge in [0.15, 0.2) is 5.78 Å². The van der Waals surface area contributed by atoms with Gasteiger partial charge in [0.25, 0.3) is 0 Å². The summed E-state index contributed by atoms with van der Waals surface area (Å²) in [5.74, 6) is 0.0510. The third-order valence-corrected chi connectivity index (χ3v) is 3.84. The van der Waals surface area contributed by atoms with E-state index in [0.29, 0.717) is 6.42 Å². The van der Waals surface area contributed by atoms with E-state index in [1.54, 1.807) is 0 Å². The standard InChI is InChI=1S/C16H22N2O3/c1-3-15(19)12-4-6-14(7-5-12)17-18-10-8-13(9-11-18)16(20)21-2/h4-7,13,17H,3,8-11H2,1-2H3. The van der Waals surface area contributed by atoms with Crippen molar-refractivity contribution >= 4 is 17.4 Å². The highest BCUT2D eigenvalue weighted by Crippen LogP contribution is 2.20. The lowest BCUT2D eigenvalue weighted by Gasteiger charge is -2.31. The Bertz CT molecular complexity index is 491. The fourth-order valence-electron chi connectivity index (χ4n) is 2.51. The molecule has 2 rings (SSSR count). The van der Waals surface area contributed by atoms with Crippen molar-refractivity contribution in [3.8, 4) is 0 Å². The van der Waals surface area contributed by atoms with Gasteiger partial charge in [-0.1, -0.05) is 6.92 Å². The molecule has 0 aromatic heterocycles. The van der Waals surface area contributed by atoms with E-state index < -0.39 is 0 Å². The highest BCUT2D eigenvalue weighted by Gasteiger charge is 2.25. The number of nitrogens with one attached hydrogen (secondary N) is 1. The average molecular weight is 290 g/mol. The van der Waals surface area contributed by atoms with Crippen LogP contribution in [0.25, 0.3) is 0 Å². The summed E-state index contributed by atoms with van der Waals surface area (Å²) in [5.41, 5.74) is 5.01. The lowest BCUT2D eigenvalue weighted by molar-refractivity contribution is -0.146. The summed E-state index contributed by atoms with van der Waals surface area (Å²) < 4.78 is 4.78. The van der Waals surface area contributed by atoms with E-state index in [1.807, 2.05) is 31.2 Å². The van der Waals surface area contributed by atoms with Gasteiger partial charge in [-0.2, -0.15) is 0 Å². The van der Waals surface area contributed by atoms with Gasteiger partial charge in [0.1, 0.15) is 0 Å². The molecule has 0 aliphatic carbocycles. The van der Waals surface area contributed by atoms with Crippen LogP contribution in [0.15, 0.2) is 24.3 Å². The monoisotopic (exact) mass is 290 g/mol.